The Labute approximate surface area is 344 Å². The molecule has 0 rings (SSSR count). The SMILES string of the molecule is CC/C=C\C/C=C\C/C=C\C/C=C\C/C=C\CC(CC(=O)NC(CO)C(O)CCCCCCCCCCC)OC(=O)CC/C=C/C/C=C\CCCCCCCC. The fourth-order valence-electron chi connectivity index (χ4n) is 6.27. The van der Waals surface area contributed by atoms with E-state index in [2.05, 4.69) is 92.9 Å². The Morgan fingerprint density at radius 2 is 1.00 bits per heavy atom. The molecule has 0 saturated carbocycles. The van der Waals surface area contributed by atoms with Crippen molar-refractivity contribution in [1.29, 1.82) is 0 Å². The van der Waals surface area contributed by atoms with Crippen LogP contribution in [0, 0.1) is 0 Å². The second-order valence-electron chi connectivity index (χ2n) is 15.1. The van der Waals surface area contributed by atoms with Crippen molar-refractivity contribution in [3.05, 3.63) is 85.1 Å². The van der Waals surface area contributed by atoms with E-state index in [-0.39, 0.29) is 31.3 Å². The molecule has 0 heterocycles. The van der Waals surface area contributed by atoms with Gasteiger partial charge in [0, 0.05) is 12.8 Å². The highest BCUT2D eigenvalue weighted by molar-refractivity contribution is 5.77. The molecule has 3 atom stereocenters. The fraction of sp³-hybridized carbons (Fsp3) is 0.680. The first-order valence-corrected chi connectivity index (χ1v) is 22.8. The number of ether oxygens (including phenoxy) is 1. The molecule has 0 bridgehead atoms. The summed E-state index contributed by atoms with van der Waals surface area (Å²) < 4.78 is 5.80. The van der Waals surface area contributed by atoms with Gasteiger partial charge in [0.2, 0.25) is 5.91 Å². The molecule has 0 saturated heterocycles. The van der Waals surface area contributed by atoms with Gasteiger partial charge in [0.1, 0.15) is 6.10 Å². The highest BCUT2D eigenvalue weighted by atomic mass is 16.5. The Bertz CT molecular complexity index is 1100. The van der Waals surface area contributed by atoms with E-state index in [0.717, 1.165) is 64.2 Å². The van der Waals surface area contributed by atoms with Crippen molar-refractivity contribution in [3.63, 3.8) is 0 Å². The first kappa shape index (κ1) is 53.0. The lowest BCUT2D eigenvalue weighted by Gasteiger charge is -2.24. The lowest BCUT2D eigenvalue weighted by Crippen LogP contribution is -2.46. The highest BCUT2D eigenvalue weighted by Crippen LogP contribution is 2.14. The van der Waals surface area contributed by atoms with E-state index in [1.165, 1.54) is 77.0 Å². The third-order valence-electron chi connectivity index (χ3n) is 9.72. The number of hydrogen-bond acceptors (Lipinski definition) is 5. The maximum absolute atomic E-state index is 13.1. The summed E-state index contributed by atoms with van der Waals surface area (Å²) in [5, 5.41) is 23.5. The molecule has 6 heteroatoms. The Kier molecular flexibility index (Phi) is 40.9. The number of nitrogens with one attached hydrogen (secondary N) is 1. The van der Waals surface area contributed by atoms with Gasteiger partial charge in [-0.3, -0.25) is 9.59 Å². The maximum atomic E-state index is 13.1. The van der Waals surface area contributed by atoms with E-state index < -0.39 is 18.2 Å². The summed E-state index contributed by atoms with van der Waals surface area (Å²) in [5.74, 6) is -0.671. The Hall–Kier alpha value is -2.96. The first-order chi connectivity index (χ1) is 27.5. The van der Waals surface area contributed by atoms with Crippen LogP contribution in [0.3, 0.4) is 0 Å². The second-order valence-corrected chi connectivity index (χ2v) is 15.1. The first-order valence-electron chi connectivity index (χ1n) is 22.8. The summed E-state index contributed by atoms with van der Waals surface area (Å²) in [4.78, 5) is 25.9. The normalized spacial score (nSPS) is 14.2. The van der Waals surface area contributed by atoms with Crippen LogP contribution in [0.5, 0.6) is 0 Å². The predicted octanol–water partition coefficient (Wildman–Crippen LogP) is 13.2. The number of carbonyl (C=O) groups excluding carboxylic acids is 2. The molecule has 0 aromatic rings. The summed E-state index contributed by atoms with van der Waals surface area (Å²) in [6.45, 7) is 6.27. The minimum atomic E-state index is -0.822. The number of esters is 1. The van der Waals surface area contributed by atoms with Crippen LogP contribution in [0.15, 0.2) is 85.1 Å². The van der Waals surface area contributed by atoms with Crippen LogP contribution in [0.2, 0.25) is 0 Å². The summed E-state index contributed by atoms with van der Waals surface area (Å²) >= 11 is 0. The van der Waals surface area contributed by atoms with Gasteiger partial charge in [0.15, 0.2) is 0 Å². The zero-order valence-electron chi connectivity index (χ0n) is 36.2. The fourth-order valence-corrected chi connectivity index (χ4v) is 6.27. The topological polar surface area (TPSA) is 95.9 Å². The van der Waals surface area contributed by atoms with Crippen molar-refractivity contribution < 1.29 is 24.5 Å². The van der Waals surface area contributed by atoms with Crippen LogP contribution in [0.4, 0.5) is 0 Å². The molecule has 0 fully saturated rings. The zero-order chi connectivity index (χ0) is 41.0. The van der Waals surface area contributed by atoms with Crippen molar-refractivity contribution in [3.8, 4) is 0 Å². The number of carbonyl (C=O) groups is 2. The van der Waals surface area contributed by atoms with Gasteiger partial charge < -0.3 is 20.3 Å². The van der Waals surface area contributed by atoms with Gasteiger partial charge in [-0.1, -0.05) is 196 Å². The standard InChI is InChI=1S/C50H85NO5/c1-4-7-10-13-16-19-21-23-24-26-27-30-32-35-38-41-46(56-50(55)43-40-37-34-31-28-25-22-20-17-14-11-8-5-2)44-49(54)51-47(45-52)48(53)42-39-36-33-29-18-15-12-9-6-3/h7,10,16,19,23-25,27-28,30,34-35,37-38,46-48,52-53H,4-6,8-9,11-15,17-18,20-22,26,29,31-33,36,39-45H2,1-3H3,(H,51,54)/b10-7-,19-16-,24-23-,28-25-,30-27-,37-34+,38-35-. The second kappa shape index (κ2) is 43.2. The average Bonchev–Trinajstić information content (AvgIpc) is 3.19. The molecule has 1 amide bonds. The lowest BCUT2D eigenvalue weighted by molar-refractivity contribution is -0.150. The van der Waals surface area contributed by atoms with Crippen molar-refractivity contribution in [2.75, 3.05) is 6.61 Å². The summed E-state index contributed by atoms with van der Waals surface area (Å²) in [7, 11) is 0. The van der Waals surface area contributed by atoms with Crippen molar-refractivity contribution in [1.82, 2.24) is 5.32 Å². The molecule has 6 nitrogen and oxygen atoms in total. The van der Waals surface area contributed by atoms with E-state index in [1.54, 1.807) is 0 Å². The smallest absolute Gasteiger partial charge is 0.306 e. The summed E-state index contributed by atoms with van der Waals surface area (Å²) in [6.07, 6.45) is 55.3. The quantitative estimate of drug-likeness (QED) is 0.0328. The van der Waals surface area contributed by atoms with Gasteiger partial charge in [-0.2, -0.15) is 0 Å². The van der Waals surface area contributed by atoms with Gasteiger partial charge in [0.25, 0.3) is 0 Å². The molecule has 0 aliphatic heterocycles. The Balaban J connectivity index is 4.87. The van der Waals surface area contributed by atoms with Crippen molar-refractivity contribution >= 4 is 11.9 Å². The minimum absolute atomic E-state index is 0.0272. The molecule has 0 aliphatic rings. The number of aliphatic hydroxyl groups is 2. The van der Waals surface area contributed by atoms with Crippen molar-refractivity contribution in [2.24, 2.45) is 0 Å². The number of hydrogen-bond donors (Lipinski definition) is 3. The largest absolute Gasteiger partial charge is 0.461 e. The predicted molar refractivity (Wildman–Crippen MR) is 241 cm³/mol. The molecule has 56 heavy (non-hydrogen) atoms. The van der Waals surface area contributed by atoms with Gasteiger partial charge in [-0.25, -0.2) is 0 Å². The van der Waals surface area contributed by atoms with Crippen LogP contribution >= 0.6 is 0 Å². The molecule has 0 aromatic heterocycles. The number of allylic oxidation sites excluding steroid dienone is 13. The zero-order valence-corrected chi connectivity index (χ0v) is 36.2. The Morgan fingerprint density at radius 1 is 0.554 bits per heavy atom. The van der Waals surface area contributed by atoms with E-state index in [9.17, 15) is 19.8 Å². The number of rotatable bonds is 39. The number of unbranched alkanes of at least 4 members (excludes halogenated alkanes) is 14. The Morgan fingerprint density at radius 3 is 1.52 bits per heavy atom. The molecule has 320 valence electrons. The molecule has 3 unspecified atom stereocenters. The van der Waals surface area contributed by atoms with Crippen LogP contribution in [-0.4, -0.2) is 46.9 Å². The third-order valence-corrected chi connectivity index (χ3v) is 9.72. The molecular weight excluding hydrogens is 695 g/mol. The number of amides is 1. The average molecular weight is 780 g/mol. The van der Waals surface area contributed by atoms with Gasteiger partial charge in [0.05, 0.1) is 25.2 Å². The van der Waals surface area contributed by atoms with Crippen molar-refractivity contribution in [2.45, 2.75) is 212 Å². The van der Waals surface area contributed by atoms with E-state index in [4.69, 9.17) is 4.74 Å². The van der Waals surface area contributed by atoms with Crippen LogP contribution in [0.1, 0.15) is 194 Å². The van der Waals surface area contributed by atoms with E-state index in [0.29, 0.717) is 19.3 Å². The molecule has 0 aromatic carbocycles. The molecule has 0 radical (unpaired) electrons. The van der Waals surface area contributed by atoms with Gasteiger partial charge in [-0.05, 0) is 64.2 Å². The summed E-state index contributed by atoms with van der Waals surface area (Å²) in [6, 6.07) is -0.744. The minimum Gasteiger partial charge on any atom is -0.461 e. The van der Waals surface area contributed by atoms with Crippen LogP contribution < -0.4 is 5.32 Å². The van der Waals surface area contributed by atoms with E-state index in [1.807, 2.05) is 18.2 Å². The molecular formula is C50H85NO5. The number of aliphatic hydroxyl groups excluding tert-OH is 2. The van der Waals surface area contributed by atoms with Gasteiger partial charge >= 0.3 is 5.97 Å². The summed E-state index contributed by atoms with van der Waals surface area (Å²) in [5.41, 5.74) is 0. The molecule has 0 aliphatic carbocycles. The monoisotopic (exact) mass is 780 g/mol. The lowest BCUT2D eigenvalue weighted by atomic mass is 10.0. The van der Waals surface area contributed by atoms with Crippen LogP contribution in [-0.2, 0) is 14.3 Å². The van der Waals surface area contributed by atoms with Crippen LogP contribution in [0.25, 0.3) is 0 Å². The van der Waals surface area contributed by atoms with E-state index >= 15 is 0 Å². The molecule has 0 spiro atoms. The molecule has 3 N–H and O–H groups in total. The van der Waals surface area contributed by atoms with Gasteiger partial charge in [-0.15, -0.1) is 0 Å². The third kappa shape index (κ3) is 37.9. The highest BCUT2D eigenvalue weighted by Gasteiger charge is 2.23. The maximum Gasteiger partial charge on any atom is 0.306 e.